The lowest BCUT2D eigenvalue weighted by Crippen LogP contribution is -2.00. The van der Waals surface area contributed by atoms with E-state index in [1.54, 1.807) is 11.6 Å². The maximum absolute atomic E-state index is 11.3. The first-order valence-corrected chi connectivity index (χ1v) is 5.66. The quantitative estimate of drug-likeness (QED) is 0.610. The molecule has 0 spiro atoms. The molecule has 0 aliphatic rings. The Bertz CT molecular complexity index is 491. The van der Waals surface area contributed by atoms with Crippen LogP contribution in [0.3, 0.4) is 0 Å². The van der Waals surface area contributed by atoms with Crippen LogP contribution in [0.4, 0.5) is 0 Å². The second kappa shape index (κ2) is 4.12. The van der Waals surface area contributed by atoms with Crippen molar-refractivity contribution in [1.82, 2.24) is 14.5 Å². The second-order valence-corrected chi connectivity index (χ2v) is 4.08. The van der Waals surface area contributed by atoms with Gasteiger partial charge in [-0.2, -0.15) is 0 Å². The van der Waals surface area contributed by atoms with E-state index in [2.05, 4.69) is 9.97 Å². The van der Waals surface area contributed by atoms with Crippen LogP contribution >= 0.6 is 22.9 Å². The summed E-state index contributed by atoms with van der Waals surface area (Å²) in [6.45, 7) is 0. The van der Waals surface area contributed by atoms with Gasteiger partial charge < -0.3 is 4.57 Å². The first-order chi connectivity index (χ1) is 7.22. The lowest BCUT2D eigenvalue weighted by molar-refractivity contribution is 0.101. The lowest BCUT2D eigenvalue weighted by atomic mass is 10.3. The van der Waals surface area contributed by atoms with Crippen molar-refractivity contribution in [3.8, 4) is 10.8 Å². The molecule has 0 saturated carbocycles. The van der Waals surface area contributed by atoms with E-state index >= 15 is 0 Å². The highest BCUT2D eigenvalue weighted by Gasteiger charge is 2.12. The molecular formula is C9H8ClN3OS. The Labute approximate surface area is 95.5 Å². The first-order valence-electron chi connectivity index (χ1n) is 4.24. The number of hydrogen-bond donors (Lipinski definition) is 0. The largest absolute Gasteiger partial charge is 0.332 e. The third kappa shape index (κ3) is 1.93. The molecule has 0 amide bonds. The van der Waals surface area contributed by atoms with Crippen molar-refractivity contribution in [1.29, 1.82) is 0 Å². The third-order valence-corrected chi connectivity index (χ3v) is 3.00. The molecule has 0 fully saturated rings. The van der Waals surface area contributed by atoms with E-state index in [1.807, 2.05) is 17.8 Å². The molecule has 2 heterocycles. The first kappa shape index (κ1) is 10.3. The highest BCUT2D eigenvalue weighted by molar-refractivity contribution is 7.13. The minimum atomic E-state index is -0.159. The molecule has 78 valence electrons. The van der Waals surface area contributed by atoms with E-state index in [9.17, 15) is 4.79 Å². The summed E-state index contributed by atoms with van der Waals surface area (Å²) in [7, 11) is 1.88. The number of hydrogen-bond acceptors (Lipinski definition) is 4. The number of alkyl halides is 1. The van der Waals surface area contributed by atoms with E-state index in [0.29, 0.717) is 5.69 Å². The predicted molar refractivity (Wildman–Crippen MR) is 59.4 cm³/mol. The smallest absolute Gasteiger partial charge is 0.196 e. The summed E-state index contributed by atoms with van der Waals surface area (Å²) in [6.07, 6.45) is 3.53. The molecule has 2 aromatic rings. The minimum absolute atomic E-state index is 0.0380. The van der Waals surface area contributed by atoms with Crippen molar-refractivity contribution in [2.75, 3.05) is 5.88 Å². The predicted octanol–water partition coefficient (Wildman–Crippen LogP) is 1.97. The van der Waals surface area contributed by atoms with Crippen LogP contribution in [-0.2, 0) is 7.05 Å². The van der Waals surface area contributed by atoms with Crippen molar-refractivity contribution >= 4 is 28.7 Å². The number of halogens is 1. The standard InChI is InChI=1S/C9H8ClN3OS/c1-13-3-2-11-8(13)9-12-6(5-15-9)7(14)4-10/h2-3,5H,4H2,1H3. The van der Waals surface area contributed by atoms with Gasteiger partial charge in [-0.05, 0) is 0 Å². The third-order valence-electron chi connectivity index (χ3n) is 1.92. The SMILES string of the molecule is Cn1ccnc1-c1nc(C(=O)CCl)cs1. The highest BCUT2D eigenvalue weighted by atomic mass is 35.5. The molecule has 0 atom stereocenters. The van der Waals surface area contributed by atoms with Gasteiger partial charge >= 0.3 is 0 Å². The number of carbonyl (C=O) groups is 1. The van der Waals surface area contributed by atoms with Crippen molar-refractivity contribution in [3.05, 3.63) is 23.5 Å². The average molecular weight is 242 g/mol. The van der Waals surface area contributed by atoms with Crippen LogP contribution in [0, 0.1) is 0 Å². The lowest BCUT2D eigenvalue weighted by Gasteiger charge is -1.95. The van der Waals surface area contributed by atoms with Crippen LogP contribution in [0.1, 0.15) is 10.5 Å². The molecule has 0 N–H and O–H groups in total. The van der Waals surface area contributed by atoms with Gasteiger partial charge in [0.1, 0.15) is 5.69 Å². The van der Waals surface area contributed by atoms with Gasteiger partial charge in [0, 0.05) is 24.8 Å². The van der Waals surface area contributed by atoms with Crippen molar-refractivity contribution in [3.63, 3.8) is 0 Å². The normalized spacial score (nSPS) is 10.5. The zero-order chi connectivity index (χ0) is 10.8. The van der Waals surface area contributed by atoms with E-state index in [-0.39, 0.29) is 11.7 Å². The molecule has 0 saturated heterocycles. The van der Waals surface area contributed by atoms with Gasteiger partial charge in [-0.25, -0.2) is 9.97 Å². The van der Waals surface area contributed by atoms with Crippen LogP contribution in [0.5, 0.6) is 0 Å². The number of nitrogens with zero attached hydrogens (tertiary/aromatic N) is 3. The van der Waals surface area contributed by atoms with Crippen molar-refractivity contribution < 1.29 is 4.79 Å². The number of aromatic nitrogens is 3. The summed E-state index contributed by atoms with van der Waals surface area (Å²) in [5.74, 6) is 0.561. The molecule has 0 aromatic carbocycles. The molecule has 0 aliphatic carbocycles. The number of Topliss-reactive ketones (excluding diaryl/α,β-unsaturated/α-hetero) is 1. The second-order valence-electron chi connectivity index (χ2n) is 2.96. The number of imidazole rings is 1. The summed E-state index contributed by atoms with van der Waals surface area (Å²) < 4.78 is 1.85. The Morgan fingerprint density at radius 2 is 2.47 bits per heavy atom. The Morgan fingerprint density at radius 3 is 3.07 bits per heavy atom. The molecule has 2 rings (SSSR count). The van der Waals surface area contributed by atoms with E-state index in [0.717, 1.165) is 10.8 Å². The van der Waals surface area contributed by atoms with Gasteiger partial charge in [0.15, 0.2) is 16.6 Å². The monoisotopic (exact) mass is 241 g/mol. The highest BCUT2D eigenvalue weighted by Crippen LogP contribution is 2.21. The molecule has 6 heteroatoms. The van der Waals surface area contributed by atoms with Gasteiger partial charge in [0.2, 0.25) is 0 Å². The van der Waals surface area contributed by atoms with E-state index in [1.165, 1.54) is 11.3 Å². The maximum atomic E-state index is 11.3. The molecule has 15 heavy (non-hydrogen) atoms. The number of rotatable bonds is 3. The summed E-state index contributed by atoms with van der Waals surface area (Å²) in [6, 6.07) is 0. The van der Waals surface area contributed by atoms with Crippen LogP contribution in [0.25, 0.3) is 10.8 Å². The number of ketones is 1. The summed E-state index contributed by atoms with van der Waals surface area (Å²) in [4.78, 5) is 19.6. The van der Waals surface area contributed by atoms with Crippen molar-refractivity contribution in [2.45, 2.75) is 0 Å². The van der Waals surface area contributed by atoms with E-state index < -0.39 is 0 Å². The Balaban J connectivity index is 2.36. The topological polar surface area (TPSA) is 47.8 Å². The molecule has 0 radical (unpaired) electrons. The maximum Gasteiger partial charge on any atom is 0.196 e. The minimum Gasteiger partial charge on any atom is -0.332 e. The Hall–Kier alpha value is -1.20. The number of carbonyl (C=O) groups excluding carboxylic acids is 1. The van der Waals surface area contributed by atoms with Crippen LogP contribution in [0.15, 0.2) is 17.8 Å². The molecule has 4 nitrogen and oxygen atoms in total. The summed E-state index contributed by atoms with van der Waals surface area (Å²) in [5, 5.41) is 2.44. The number of thiazole rings is 1. The summed E-state index contributed by atoms with van der Waals surface area (Å²) >= 11 is 6.84. The molecule has 0 unspecified atom stereocenters. The van der Waals surface area contributed by atoms with Gasteiger partial charge in [0.05, 0.1) is 5.88 Å². The fourth-order valence-electron chi connectivity index (χ4n) is 1.14. The fraction of sp³-hybridized carbons (Fsp3) is 0.222. The molecule has 2 aromatic heterocycles. The molecule has 0 aliphatic heterocycles. The van der Waals surface area contributed by atoms with Gasteiger partial charge in [-0.15, -0.1) is 22.9 Å². The Morgan fingerprint density at radius 1 is 1.67 bits per heavy atom. The van der Waals surface area contributed by atoms with Gasteiger partial charge in [-0.1, -0.05) is 0 Å². The van der Waals surface area contributed by atoms with Crippen LogP contribution in [0.2, 0.25) is 0 Å². The fourth-order valence-corrected chi connectivity index (χ4v) is 2.14. The zero-order valence-corrected chi connectivity index (χ0v) is 9.55. The van der Waals surface area contributed by atoms with Crippen LogP contribution in [-0.4, -0.2) is 26.2 Å². The molecular weight excluding hydrogens is 234 g/mol. The van der Waals surface area contributed by atoms with Gasteiger partial charge in [0.25, 0.3) is 0 Å². The zero-order valence-electron chi connectivity index (χ0n) is 7.98. The average Bonchev–Trinajstić information content (AvgIpc) is 2.84. The number of aryl methyl sites for hydroxylation is 1. The van der Waals surface area contributed by atoms with Crippen molar-refractivity contribution in [2.24, 2.45) is 7.05 Å². The Kier molecular flexibility index (Phi) is 2.83. The molecule has 0 bridgehead atoms. The van der Waals surface area contributed by atoms with Crippen LogP contribution < -0.4 is 0 Å². The van der Waals surface area contributed by atoms with Gasteiger partial charge in [-0.3, -0.25) is 4.79 Å². The van der Waals surface area contributed by atoms with E-state index in [4.69, 9.17) is 11.6 Å². The summed E-state index contributed by atoms with van der Waals surface area (Å²) in [5.41, 5.74) is 0.410.